The fraction of sp³-hybridized carbons (Fsp3) is 0.233. The number of fused-ring (bicyclic) bond motifs is 1. The number of nitrogens with zero attached hydrogens (tertiary/aromatic N) is 1. The normalized spacial score (nSPS) is 11.6. The number of hydrogen-bond donors (Lipinski definition) is 0. The van der Waals surface area contributed by atoms with Crippen LogP contribution < -0.4 is 0 Å². The lowest BCUT2D eigenvalue weighted by atomic mass is 10.0. The number of esters is 2. The Morgan fingerprint density at radius 2 is 1.50 bits per heavy atom. The highest BCUT2D eigenvalue weighted by Gasteiger charge is 2.17. The van der Waals surface area contributed by atoms with Gasteiger partial charge >= 0.3 is 11.9 Å². The summed E-state index contributed by atoms with van der Waals surface area (Å²) in [4.78, 5) is 29.5. The summed E-state index contributed by atoms with van der Waals surface area (Å²) in [6, 6.07) is 28.7. The zero-order chi connectivity index (χ0) is 25.2. The molecule has 0 aliphatic carbocycles. The Kier molecular flexibility index (Phi) is 8.65. The minimum atomic E-state index is -0.481. The van der Waals surface area contributed by atoms with Crippen LogP contribution in [-0.2, 0) is 14.3 Å². The molecule has 1 unspecified atom stereocenters. The number of rotatable bonds is 11. The molecule has 0 bridgehead atoms. The van der Waals surface area contributed by atoms with Gasteiger partial charge < -0.3 is 13.9 Å². The molecule has 0 radical (unpaired) electrons. The van der Waals surface area contributed by atoms with Crippen molar-refractivity contribution in [2.24, 2.45) is 4.99 Å². The molecule has 4 aromatic rings. The molecule has 0 spiro atoms. The van der Waals surface area contributed by atoms with Crippen LogP contribution in [0.15, 0.2) is 100 Å². The quantitative estimate of drug-likeness (QED) is 0.144. The third kappa shape index (κ3) is 6.69. The molecule has 6 heteroatoms. The number of methoxy groups -OCH3 is 1. The molecule has 6 nitrogen and oxygen atoms in total. The van der Waals surface area contributed by atoms with Gasteiger partial charge in [-0.1, -0.05) is 78.9 Å². The molecule has 1 atom stereocenters. The lowest BCUT2D eigenvalue weighted by molar-refractivity contribution is -0.141. The van der Waals surface area contributed by atoms with Crippen LogP contribution in [0, 0.1) is 0 Å². The number of furan rings is 1. The first kappa shape index (κ1) is 24.9. The smallest absolute Gasteiger partial charge is 0.374 e. The Morgan fingerprint density at radius 1 is 0.861 bits per heavy atom. The number of carbonyl (C=O) groups excluding carboxylic acids is 2. The van der Waals surface area contributed by atoms with Crippen LogP contribution in [0.2, 0.25) is 0 Å². The highest BCUT2D eigenvalue weighted by molar-refractivity contribution is 6.13. The van der Waals surface area contributed by atoms with E-state index in [4.69, 9.17) is 18.9 Å². The second kappa shape index (κ2) is 12.5. The summed E-state index contributed by atoms with van der Waals surface area (Å²) in [6.07, 6.45) is 2.21. The average Bonchev–Trinajstić information content (AvgIpc) is 3.36. The number of carbonyl (C=O) groups is 2. The van der Waals surface area contributed by atoms with E-state index >= 15 is 0 Å². The van der Waals surface area contributed by atoms with Gasteiger partial charge in [-0.15, -0.1) is 0 Å². The van der Waals surface area contributed by atoms with E-state index in [1.165, 1.54) is 7.11 Å². The lowest BCUT2D eigenvalue weighted by Gasteiger charge is -2.15. The largest absolute Gasteiger partial charge is 0.469 e. The van der Waals surface area contributed by atoms with Gasteiger partial charge in [0.25, 0.3) is 0 Å². The highest BCUT2D eigenvalue weighted by Crippen LogP contribution is 2.20. The van der Waals surface area contributed by atoms with Gasteiger partial charge in [0.1, 0.15) is 5.58 Å². The van der Waals surface area contributed by atoms with Crippen LogP contribution in [0.25, 0.3) is 11.0 Å². The first-order valence-corrected chi connectivity index (χ1v) is 12.0. The molecular weight excluding hydrogens is 454 g/mol. The monoisotopic (exact) mass is 483 g/mol. The van der Waals surface area contributed by atoms with Crippen molar-refractivity contribution in [3.05, 3.63) is 108 Å². The second-order valence-electron chi connectivity index (χ2n) is 8.42. The van der Waals surface area contributed by atoms with Crippen molar-refractivity contribution in [3.63, 3.8) is 0 Å². The van der Waals surface area contributed by atoms with Gasteiger partial charge in [-0.05, 0) is 31.4 Å². The van der Waals surface area contributed by atoms with Crippen LogP contribution in [-0.4, -0.2) is 37.4 Å². The minimum Gasteiger partial charge on any atom is -0.469 e. The van der Waals surface area contributed by atoms with Crippen LogP contribution in [0.3, 0.4) is 0 Å². The molecule has 36 heavy (non-hydrogen) atoms. The van der Waals surface area contributed by atoms with E-state index in [1.807, 2.05) is 84.9 Å². The second-order valence-corrected chi connectivity index (χ2v) is 8.42. The van der Waals surface area contributed by atoms with E-state index in [1.54, 1.807) is 6.07 Å². The van der Waals surface area contributed by atoms with Crippen molar-refractivity contribution in [2.75, 3.05) is 13.7 Å². The Hall–Kier alpha value is -4.19. The van der Waals surface area contributed by atoms with Crippen molar-refractivity contribution >= 4 is 28.6 Å². The molecule has 0 saturated carbocycles. The molecule has 0 aliphatic rings. The Labute approximate surface area is 210 Å². The van der Waals surface area contributed by atoms with Crippen molar-refractivity contribution in [2.45, 2.75) is 31.7 Å². The van der Waals surface area contributed by atoms with E-state index in [-0.39, 0.29) is 30.8 Å². The van der Waals surface area contributed by atoms with Gasteiger partial charge in [0.2, 0.25) is 5.76 Å². The molecule has 0 saturated heterocycles. The van der Waals surface area contributed by atoms with Crippen LogP contribution in [0.4, 0.5) is 0 Å². The van der Waals surface area contributed by atoms with E-state index in [0.717, 1.165) is 28.6 Å². The summed E-state index contributed by atoms with van der Waals surface area (Å²) in [5.41, 5.74) is 3.46. The summed E-state index contributed by atoms with van der Waals surface area (Å²) >= 11 is 0. The molecule has 0 N–H and O–H groups in total. The standard InChI is InChI=1S/C30H29NO5/c1-34-28(32)21-25(31-29(22-12-4-2-5-13-22)23-14-6-3-7-15-23)17-10-11-19-35-30(33)27-20-24-16-8-9-18-26(24)36-27/h2-9,12-16,18,20,25H,10-11,17,19,21H2,1H3. The first-order chi connectivity index (χ1) is 17.6. The Bertz CT molecular complexity index is 1240. The third-order valence-corrected chi connectivity index (χ3v) is 5.83. The van der Waals surface area contributed by atoms with Gasteiger partial charge in [0.05, 0.1) is 31.9 Å². The van der Waals surface area contributed by atoms with Crippen LogP contribution >= 0.6 is 0 Å². The maximum Gasteiger partial charge on any atom is 0.374 e. The number of ether oxygens (including phenoxy) is 2. The predicted molar refractivity (Wildman–Crippen MR) is 139 cm³/mol. The van der Waals surface area contributed by atoms with Crippen LogP contribution in [0.5, 0.6) is 0 Å². The molecule has 1 aromatic heterocycles. The highest BCUT2D eigenvalue weighted by atomic mass is 16.5. The van der Waals surface area contributed by atoms with Crippen molar-refractivity contribution in [1.82, 2.24) is 0 Å². The van der Waals surface area contributed by atoms with E-state index in [9.17, 15) is 9.59 Å². The zero-order valence-electron chi connectivity index (χ0n) is 20.3. The van der Waals surface area contributed by atoms with Crippen molar-refractivity contribution in [1.29, 1.82) is 0 Å². The summed E-state index contributed by atoms with van der Waals surface area (Å²) in [5, 5.41) is 0.862. The molecule has 0 amide bonds. The van der Waals surface area contributed by atoms with Crippen LogP contribution in [0.1, 0.15) is 47.4 Å². The summed E-state index contributed by atoms with van der Waals surface area (Å²) in [7, 11) is 1.38. The lowest BCUT2D eigenvalue weighted by Crippen LogP contribution is -2.17. The van der Waals surface area contributed by atoms with Crippen molar-refractivity contribution < 1.29 is 23.5 Å². The van der Waals surface area contributed by atoms with E-state index in [0.29, 0.717) is 18.4 Å². The van der Waals surface area contributed by atoms with Gasteiger partial charge in [0, 0.05) is 16.5 Å². The molecule has 1 heterocycles. The van der Waals surface area contributed by atoms with Gasteiger partial charge in [-0.2, -0.15) is 0 Å². The SMILES string of the molecule is COC(=O)CC(CCCCOC(=O)c1cc2ccccc2o1)N=C(c1ccccc1)c1ccccc1. The molecule has 4 rings (SSSR count). The number of unbranched alkanes of at least 4 members (excludes halogenated alkanes) is 1. The number of hydrogen-bond acceptors (Lipinski definition) is 6. The zero-order valence-corrected chi connectivity index (χ0v) is 20.3. The molecule has 0 aliphatic heterocycles. The maximum atomic E-state index is 12.4. The maximum absolute atomic E-state index is 12.4. The fourth-order valence-electron chi connectivity index (χ4n) is 3.98. The van der Waals surface area contributed by atoms with E-state index < -0.39 is 5.97 Å². The average molecular weight is 484 g/mol. The fourth-order valence-corrected chi connectivity index (χ4v) is 3.98. The Morgan fingerprint density at radius 3 is 2.14 bits per heavy atom. The third-order valence-electron chi connectivity index (χ3n) is 5.83. The number of benzene rings is 3. The molecule has 184 valence electrons. The summed E-state index contributed by atoms with van der Waals surface area (Å²) in [6.45, 7) is 0.259. The molecular formula is C30H29NO5. The van der Waals surface area contributed by atoms with Gasteiger partial charge in [-0.3, -0.25) is 9.79 Å². The molecule has 3 aromatic carbocycles. The first-order valence-electron chi connectivity index (χ1n) is 12.0. The number of para-hydroxylation sites is 1. The summed E-state index contributed by atoms with van der Waals surface area (Å²) in [5.74, 6) is -0.592. The summed E-state index contributed by atoms with van der Waals surface area (Å²) < 4.78 is 15.9. The topological polar surface area (TPSA) is 78.1 Å². The molecule has 0 fully saturated rings. The van der Waals surface area contributed by atoms with Gasteiger partial charge in [0.15, 0.2) is 0 Å². The van der Waals surface area contributed by atoms with Gasteiger partial charge in [-0.25, -0.2) is 4.79 Å². The Balaban J connectivity index is 1.39. The minimum absolute atomic E-state index is 0.179. The van der Waals surface area contributed by atoms with E-state index in [2.05, 4.69) is 0 Å². The number of aliphatic imine (C=N–C) groups is 1. The predicted octanol–water partition coefficient (Wildman–Crippen LogP) is 6.23. The van der Waals surface area contributed by atoms with Crippen molar-refractivity contribution in [3.8, 4) is 0 Å².